The standard InChI is InChI=1S/C26H31S.C24H27S.C21H29S.C19H17S.C12H27S.C3H9S/c1-2-3-4-5-6-9-14-23-19-21-26(22-20-23)27(24-15-10-7-11-16-24)25-17-12-8-13-18-25;1-2-3-4-7-12-21-17-19-24(20-18-21)25(22-13-8-5-9-14-22)23-15-10-6-11-16-23;1-20(2,3)16-8-12-18(13-9-16)22(7)19-14-10-17(11-15-19)21(4,5)6;1-16-10-8-9-15-19(16)20(17-11-4-2-5-12-17)18-13-6-3-7-14-18;1-4-7-10-13(11-8-5-2)12-9-6-3;1-4(2)3/h7-8,10-13,15-22H,2-6,9,14H2,1H3;5-6,8-11,13-20H,2-4,7,12H2,1H3;8-15H,1-7H3;2-15H,1H3;4-12H2,1-3H3;1-3H3/q6*+1. The maximum absolute atomic E-state index is 2.34. The third-order valence-corrected chi connectivity index (χ3v) is 30.6. The van der Waals surface area contributed by atoms with Crippen LogP contribution in [-0.2, 0) is 89.0 Å². The smallest absolute Gasteiger partial charge is 0.0654 e. The summed E-state index contributed by atoms with van der Waals surface area (Å²) in [6.45, 7) is 27.2. The van der Waals surface area contributed by atoms with Crippen molar-refractivity contribution in [1.82, 2.24) is 0 Å². The summed E-state index contributed by atoms with van der Waals surface area (Å²) in [5.74, 6) is 4.53. The molecule has 11 rings (SSSR count). The molecule has 0 aliphatic heterocycles. The lowest BCUT2D eigenvalue weighted by Crippen LogP contribution is -2.16. The van der Waals surface area contributed by atoms with Gasteiger partial charge in [-0.1, -0.05) is 323 Å². The van der Waals surface area contributed by atoms with Crippen LogP contribution in [0.3, 0.4) is 0 Å². The van der Waals surface area contributed by atoms with Crippen LogP contribution in [0.15, 0.2) is 357 Å². The van der Waals surface area contributed by atoms with Crippen molar-refractivity contribution in [3.05, 3.63) is 331 Å². The van der Waals surface area contributed by atoms with Gasteiger partial charge in [0.25, 0.3) is 0 Å². The highest BCUT2D eigenvalue weighted by Crippen LogP contribution is 2.36. The van der Waals surface area contributed by atoms with Gasteiger partial charge in [0.1, 0.15) is 23.5 Å². The van der Waals surface area contributed by atoms with E-state index >= 15 is 0 Å². The quantitative estimate of drug-likeness (QED) is 0.0291. The third kappa shape index (κ3) is 35.0. The predicted octanol–water partition coefficient (Wildman–Crippen LogP) is 30.1. The highest BCUT2D eigenvalue weighted by molar-refractivity contribution is 7.98. The monoisotopic (exact) mass is 1590 g/mol. The first kappa shape index (κ1) is 93.4. The molecule has 0 aliphatic rings. The molecule has 111 heavy (non-hydrogen) atoms. The summed E-state index contributed by atoms with van der Waals surface area (Å²) < 4.78 is 0. The Kier molecular flexibility index (Phi) is 45.1. The van der Waals surface area contributed by atoms with Crippen LogP contribution in [0, 0.1) is 6.92 Å². The zero-order chi connectivity index (χ0) is 79.9. The summed E-state index contributed by atoms with van der Waals surface area (Å²) in [4.78, 5) is 15.3. The second-order valence-corrected chi connectivity index (χ2v) is 44.2. The van der Waals surface area contributed by atoms with Gasteiger partial charge in [0.05, 0.1) is 62.3 Å². The maximum atomic E-state index is 2.34. The van der Waals surface area contributed by atoms with E-state index in [1.54, 1.807) is 0 Å². The Bertz CT molecular complexity index is 3900. The number of rotatable bonds is 32. The molecule has 0 saturated carbocycles. The molecule has 11 aromatic carbocycles. The Morgan fingerprint density at radius 1 is 0.234 bits per heavy atom. The van der Waals surface area contributed by atoms with Crippen molar-refractivity contribution in [1.29, 1.82) is 0 Å². The minimum absolute atomic E-state index is 0.0262. The van der Waals surface area contributed by atoms with Crippen LogP contribution in [-0.4, -0.2) is 42.3 Å². The number of unbranched alkanes of at least 4 members (excludes halogenated alkanes) is 11. The van der Waals surface area contributed by atoms with E-state index in [0.29, 0.717) is 10.9 Å². The van der Waals surface area contributed by atoms with E-state index in [1.165, 1.54) is 215 Å². The fourth-order valence-electron chi connectivity index (χ4n) is 12.6. The van der Waals surface area contributed by atoms with Gasteiger partial charge in [-0.25, -0.2) is 0 Å². The molecule has 0 radical (unpaired) electrons. The topological polar surface area (TPSA) is 0 Å². The van der Waals surface area contributed by atoms with E-state index in [-0.39, 0.29) is 54.4 Å². The summed E-state index contributed by atoms with van der Waals surface area (Å²) in [6, 6.07) is 111. The van der Waals surface area contributed by atoms with Gasteiger partial charge in [0.2, 0.25) is 0 Å². The lowest BCUT2D eigenvalue weighted by atomic mass is 9.87. The summed E-state index contributed by atoms with van der Waals surface area (Å²) in [6.07, 6.45) is 33.3. The van der Waals surface area contributed by atoms with Gasteiger partial charge in [-0.15, -0.1) is 0 Å². The Morgan fingerprint density at radius 3 is 0.748 bits per heavy atom. The minimum Gasteiger partial charge on any atom is -0.0654 e. The van der Waals surface area contributed by atoms with Gasteiger partial charge < -0.3 is 0 Å². The molecule has 0 bridgehead atoms. The van der Waals surface area contributed by atoms with Gasteiger partial charge in [-0.05, 0) is 234 Å². The van der Waals surface area contributed by atoms with Crippen LogP contribution in [0.1, 0.15) is 207 Å². The molecular weight excluding hydrogens is 1450 g/mol. The molecule has 6 heteroatoms. The molecule has 0 nitrogen and oxygen atoms in total. The highest BCUT2D eigenvalue weighted by Gasteiger charge is 2.32. The molecular formula is C105H140S6+6. The number of benzene rings is 11. The van der Waals surface area contributed by atoms with Crippen molar-refractivity contribution < 1.29 is 0 Å². The zero-order valence-corrected chi connectivity index (χ0v) is 76.1. The van der Waals surface area contributed by atoms with E-state index in [0.717, 1.165) is 10.9 Å². The van der Waals surface area contributed by atoms with Crippen LogP contribution in [0.2, 0.25) is 0 Å². The van der Waals surface area contributed by atoms with Crippen LogP contribution in [0.25, 0.3) is 0 Å². The van der Waals surface area contributed by atoms with Crippen molar-refractivity contribution in [2.24, 2.45) is 0 Å². The van der Waals surface area contributed by atoms with E-state index in [2.05, 4.69) is 411 Å². The largest absolute Gasteiger partial charge is 0.169 e. The zero-order valence-electron chi connectivity index (χ0n) is 71.2. The molecule has 0 aromatic heterocycles. The SMILES string of the molecule is CCCCCCCCc1ccc([S+](c2ccccc2)c2ccccc2)cc1.CCCCCCc1ccc([S+](c2ccccc2)c2ccccc2)cc1.CCCC[S+](CCCC)CCCC.C[S+](C)C.C[S+](c1ccc(C(C)(C)C)cc1)c1ccc(C(C)(C)C)cc1.Cc1ccccc1[S+](c1ccccc1)c1ccccc1. The van der Waals surface area contributed by atoms with E-state index in [1.807, 2.05) is 0 Å². The molecule has 0 atom stereocenters. The average Bonchev–Trinajstić information content (AvgIpc) is 0.787. The van der Waals surface area contributed by atoms with Crippen molar-refractivity contribution in [2.75, 3.05) is 42.3 Å². The van der Waals surface area contributed by atoms with Crippen molar-refractivity contribution >= 4 is 65.4 Å². The maximum Gasteiger partial charge on any atom is 0.169 e. The normalized spacial score (nSPS) is 11.2. The molecule has 0 aliphatic carbocycles. The van der Waals surface area contributed by atoms with Crippen molar-refractivity contribution in [2.45, 2.75) is 263 Å². The Balaban J connectivity index is 0.000000217. The third-order valence-electron chi connectivity index (χ3n) is 19.2. The number of aryl methyl sites for hydroxylation is 3. The first-order valence-corrected chi connectivity index (χ1v) is 51.1. The molecule has 0 unspecified atom stereocenters. The summed E-state index contributed by atoms with van der Waals surface area (Å²) in [5, 5.41) is 0. The van der Waals surface area contributed by atoms with E-state index in [4.69, 9.17) is 0 Å². The van der Waals surface area contributed by atoms with Gasteiger partial charge >= 0.3 is 0 Å². The van der Waals surface area contributed by atoms with Crippen molar-refractivity contribution in [3.8, 4) is 0 Å². The Morgan fingerprint density at radius 2 is 0.468 bits per heavy atom. The van der Waals surface area contributed by atoms with Crippen LogP contribution >= 0.6 is 0 Å². The van der Waals surface area contributed by atoms with Gasteiger partial charge in [0, 0.05) is 5.56 Å². The molecule has 0 saturated heterocycles. The summed E-state index contributed by atoms with van der Waals surface area (Å²) >= 11 is 0. The highest BCUT2D eigenvalue weighted by atomic mass is 32.2. The Hall–Kier alpha value is -6.48. The lowest BCUT2D eigenvalue weighted by Gasteiger charge is -2.19. The fourth-order valence-corrected chi connectivity index (χ4v) is 23.1. The second-order valence-electron chi connectivity index (χ2n) is 31.2. The Labute approximate surface area is 696 Å². The van der Waals surface area contributed by atoms with Gasteiger partial charge in [-0.2, -0.15) is 0 Å². The second kappa shape index (κ2) is 53.6. The molecule has 0 fully saturated rings. The van der Waals surface area contributed by atoms with E-state index in [9.17, 15) is 0 Å². The molecule has 11 aromatic rings. The number of hydrogen-bond donors (Lipinski definition) is 0. The summed E-state index contributed by atoms with van der Waals surface area (Å²) in [7, 11) is 1.46. The van der Waals surface area contributed by atoms with Gasteiger partial charge in [0.15, 0.2) is 53.9 Å². The summed E-state index contributed by atoms with van der Waals surface area (Å²) in [5.41, 5.74) is 7.53. The molecule has 0 heterocycles. The minimum atomic E-state index is -0.0341. The van der Waals surface area contributed by atoms with Crippen LogP contribution < -0.4 is 0 Å². The average molecular weight is 1590 g/mol. The molecule has 0 spiro atoms. The van der Waals surface area contributed by atoms with Crippen LogP contribution in [0.5, 0.6) is 0 Å². The fraction of sp³-hybridized carbons (Fsp3) is 0.371. The predicted molar refractivity (Wildman–Crippen MR) is 506 cm³/mol. The first-order valence-electron chi connectivity index (χ1n) is 41.6. The number of hydrogen-bond acceptors (Lipinski definition) is 0. The lowest BCUT2D eigenvalue weighted by molar-refractivity contribution is 0.589. The molecule has 0 N–H and O–H groups in total. The molecule has 590 valence electrons. The van der Waals surface area contributed by atoms with E-state index < -0.39 is 0 Å². The van der Waals surface area contributed by atoms with Crippen LogP contribution in [0.4, 0.5) is 0 Å². The molecule has 0 amide bonds. The first-order chi connectivity index (χ1) is 53.8. The van der Waals surface area contributed by atoms with Crippen molar-refractivity contribution in [3.63, 3.8) is 0 Å². The van der Waals surface area contributed by atoms with Gasteiger partial charge in [-0.3, -0.25) is 0 Å².